The smallest absolute Gasteiger partial charge is 0.310 e. The van der Waals surface area contributed by atoms with Gasteiger partial charge in [0.25, 0.3) is 0 Å². The third-order valence-corrected chi connectivity index (χ3v) is 6.99. The first kappa shape index (κ1) is 19.7. The fourth-order valence-electron chi connectivity index (χ4n) is 4.36. The van der Waals surface area contributed by atoms with E-state index in [1.807, 2.05) is 25.1 Å². The zero-order valence-corrected chi connectivity index (χ0v) is 18.0. The molecule has 2 heterocycles. The number of rotatable bonds is 5. The standard InChI is InChI=1S/C23H25NO4S/c1-12(23(25)26)19-13(2)24-22-21(15-7-5-6-8-18(15)29-22)20(19)14-9-10-16(27-3)17(11-14)28-4/h9-12H,5-8H2,1-4H3,(H,25,26). The van der Waals surface area contributed by atoms with Crippen molar-refractivity contribution in [2.75, 3.05) is 14.2 Å². The number of aliphatic carboxylic acids is 1. The lowest BCUT2D eigenvalue weighted by molar-refractivity contribution is -0.138. The third kappa shape index (κ3) is 3.25. The number of aryl methyl sites for hydroxylation is 3. The van der Waals surface area contributed by atoms with Gasteiger partial charge in [-0.1, -0.05) is 6.07 Å². The van der Waals surface area contributed by atoms with Crippen LogP contribution in [0.15, 0.2) is 18.2 Å². The van der Waals surface area contributed by atoms with Crippen LogP contribution in [0.25, 0.3) is 21.3 Å². The van der Waals surface area contributed by atoms with Crippen LogP contribution in [0.4, 0.5) is 0 Å². The Labute approximate surface area is 174 Å². The first-order valence-electron chi connectivity index (χ1n) is 9.86. The summed E-state index contributed by atoms with van der Waals surface area (Å²) in [5.74, 6) is -0.224. The van der Waals surface area contributed by atoms with Crippen molar-refractivity contribution in [1.82, 2.24) is 4.98 Å². The molecule has 152 valence electrons. The lowest BCUT2D eigenvalue weighted by Crippen LogP contribution is -2.12. The van der Waals surface area contributed by atoms with Crippen molar-refractivity contribution in [3.05, 3.63) is 39.9 Å². The summed E-state index contributed by atoms with van der Waals surface area (Å²) < 4.78 is 10.9. The Morgan fingerprint density at radius 3 is 2.59 bits per heavy atom. The van der Waals surface area contributed by atoms with E-state index in [1.165, 1.54) is 16.9 Å². The average molecular weight is 412 g/mol. The number of carboxylic acids is 1. The molecule has 0 saturated carbocycles. The number of pyridine rings is 1. The van der Waals surface area contributed by atoms with Crippen LogP contribution in [0.1, 0.15) is 47.4 Å². The number of hydrogen-bond acceptors (Lipinski definition) is 5. The number of methoxy groups -OCH3 is 2. The SMILES string of the molecule is COc1ccc(-c2c(C(C)C(=O)O)c(C)nc3sc4c(c23)CCCC4)cc1OC. The highest BCUT2D eigenvalue weighted by Gasteiger charge is 2.28. The molecule has 1 unspecified atom stereocenters. The van der Waals surface area contributed by atoms with Gasteiger partial charge in [-0.05, 0) is 73.9 Å². The summed E-state index contributed by atoms with van der Waals surface area (Å²) in [6.45, 7) is 3.65. The Balaban J connectivity index is 2.10. The van der Waals surface area contributed by atoms with E-state index in [2.05, 4.69) is 0 Å². The molecule has 0 radical (unpaired) electrons. The van der Waals surface area contributed by atoms with Gasteiger partial charge in [-0.25, -0.2) is 4.98 Å². The van der Waals surface area contributed by atoms with Gasteiger partial charge in [-0.3, -0.25) is 4.79 Å². The third-order valence-electron chi connectivity index (χ3n) is 5.81. The molecular formula is C23H25NO4S. The molecule has 3 aromatic rings. The molecule has 2 aromatic heterocycles. The van der Waals surface area contributed by atoms with E-state index in [0.29, 0.717) is 11.5 Å². The molecule has 4 rings (SSSR count). The number of ether oxygens (including phenoxy) is 2. The molecular weight excluding hydrogens is 386 g/mol. The van der Waals surface area contributed by atoms with E-state index in [4.69, 9.17) is 14.5 Å². The molecule has 5 nitrogen and oxygen atoms in total. The highest BCUT2D eigenvalue weighted by atomic mass is 32.1. The molecule has 1 aromatic carbocycles. The Bertz CT molecular complexity index is 1100. The van der Waals surface area contributed by atoms with Gasteiger partial charge in [0.2, 0.25) is 0 Å². The fourth-order valence-corrected chi connectivity index (χ4v) is 5.68. The van der Waals surface area contributed by atoms with E-state index < -0.39 is 11.9 Å². The van der Waals surface area contributed by atoms with Crippen LogP contribution in [0.5, 0.6) is 11.5 Å². The van der Waals surface area contributed by atoms with Gasteiger partial charge in [0.1, 0.15) is 4.83 Å². The van der Waals surface area contributed by atoms with Crippen molar-refractivity contribution in [3.8, 4) is 22.6 Å². The Morgan fingerprint density at radius 1 is 1.17 bits per heavy atom. The van der Waals surface area contributed by atoms with Crippen molar-refractivity contribution in [3.63, 3.8) is 0 Å². The normalized spacial score (nSPS) is 14.5. The second-order valence-electron chi connectivity index (χ2n) is 7.51. The summed E-state index contributed by atoms with van der Waals surface area (Å²) in [6.07, 6.45) is 4.44. The number of carboxylic acid groups (broad SMARTS) is 1. The lowest BCUT2D eigenvalue weighted by atomic mass is 9.85. The summed E-state index contributed by atoms with van der Waals surface area (Å²) in [4.78, 5) is 19.2. The van der Waals surface area contributed by atoms with Crippen molar-refractivity contribution in [2.45, 2.75) is 45.4 Å². The van der Waals surface area contributed by atoms with Crippen molar-refractivity contribution >= 4 is 27.5 Å². The van der Waals surface area contributed by atoms with Gasteiger partial charge in [-0.15, -0.1) is 11.3 Å². The van der Waals surface area contributed by atoms with Crippen LogP contribution in [0.3, 0.4) is 0 Å². The van der Waals surface area contributed by atoms with Crippen LogP contribution >= 0.6 is 11.3 Å². The minimum absolute atomic E-state index is 0.630. The zero-order chi connectivity index (χ0) is 20.7. The number of hydrogen-bond donors (Lipinski definition) is 1. The van der Waals surface area contributed by atoms with E-state index in [9.17, 15) is 9.90 Å². The van der Waals surface area contributed by atoms with Gasteiger partial charge in [0, 0.05) is 16.0 Å². The predicted octanol–water partition coefficient (Wildman–Crippen LogP) is 5.36. The van der Waals surface area contributed by atoms with Crippen LogP contribution in [0.2, 0.25) is 0 Å². The highest BCUT2D eigenvalue weighted by molar-refractivity contribution is 7.19. The summed E-state index contributed by atoms with van der Waals surface area (Å²) >= 11 is 1.75. The van der Waals surface area contributed by atoms with Crippen molar-refractivity contribution < 1.29 is 19.4 Å². The first-order valence-corrected chi connectivity index (χ1v) is 10.7. The van der Waals surface area contributed by atoms with Crippen LogP contribution in [-0.2, 0) is 17.6 Å². The molecule has 0 bridgehead atoms. The van der Waals surface area contributed by atoms with E-state index in [-0.39, 0.29) is 0 Å². The Kier molecular flexibility index (Phi) is 5.21. The quantitative estimate of drug-likeness (QED) is 0.612. The highest BCUT2D eigenvalue weighted by Crippen LogP contribution is 2.46. The summed E-state index contributed by atoms with van der Waals surface area (Å²) in [7, 11) is 3.22. The molecule has 1 aliphatic carbocycles. The minimum Gasteiger partial charge on any atom is -0.493 e. The molecule has 1 atom stereocenters. The predicted molar refractivity (Wildman–Crippen MR) is 116 cm³/mol. The van der Waals surface area contributed by atoms with Gasteiger partial charge < -0.3 is 14.6 Å². The van der Waals surface area contributed by atoms with Gasteiger partial charge in [0.15, 0.2) is 11.5 Å². The zero-order valence-electron chi connectivity index (χ0n) is 17.2. The van der Waals surface area contributed by atoms with E-state index in [0.717, 1.165) is 51.9 Å². The molecule has 29 heavy (non-hydrogen) atoms. The second kappa shape index (κ2) is 7.67. The molecule has 1 aliphatic rings. The van der Waals surface area contributed by atoms with Gasteiger partial charge in [-0.2, -0.15) is 0 Å². The van der Waals surface area contributed by atoms with Crippen LogP contribution < -0.4 is 9.47 Å². The number of carbonyl (C=O) groups is 1. The summed E-state index contributed by atoms with van der Waals surface area (Å²) in [6, 6.07) is 5.81. The maximum Gasteiger partial charge on any atom is 0.310 e. The topological polar surface area (TPSA) is 68.7 Å². The van der Waals surface area contributed by atoms with E-state index >= 15 is 0 Å². The molecule has 0 fully saturated rings. The number of nitrogens with zero attached hydrogens (tertiary/aromatic N) is 1. The molecule has 0 saturated heterocycles. The number of aromatic nitrogens is 1. The van der Waals surface area contributed by atoms with Crippen LogP contribution in [-0.4, -0.2) is 30.3 Å². The fraction of sp³-hybridized carbons (Fsp3) is 0.391. The second-order valence-corrected chi connectivity index (χ2v) is 8.59. The monoisotopic (exact) mass is 411 g/mol. The number of fused-ring (bicyclic) bond motifs is 3. The maximum atomic E-state index is 12.0. The minimum atomic E-state index is -0.847. The largest absolute Gasteiger partial charge is 0.493 e. The van der Waals surface area contributed by atoms with Crippen LogP contribution in [0, 0.1) is 6.92 Å². The Hall–Kier alpha value is -2.60. The summed E-state index contributed by atoms with van der Waals surface area (Å²) in [5.41, 5.74) is 4.81. The molecule has 1 N–H and O–H groups in total. The van der Waals surface area contributed by atoms with Gasteiger partial charge in [0.05, 0.1) is 20.1 Å². The molecule has 0 amide bonds. The average Bonchev–Trinajstić information content (AvgIpc) is 3.09. The van der Waals surface area contributed by atoms with Crippen molar-refractivity contribution in [2.24, 2.45) is 0 Å². The van der Waals surface area contributed by atoms with Crippen molar-refractivity contribution in [1.29, 1.82) is 0 Å². The summed E-state index contributed by atoms with van der Waals surface area (Å²) in [5, 5.41) is 10.9. The molecule has 0 aliphatic heterocycles. The number of thiophene rings is 1. The lowest BCUT2D eigenvalue weighted by Gasteiger charge is -2.20. The molecule has 0 spiro atoms. The van der Waals surface area contributed by atoms with E-state index in [1.54, 1.807) is 32.5 Å². The molecule has 6 heteroatoms. The first-order chi connectivity index (χ1) is 14.0. The Morgan fingerprint density at radius 2 is 1.90 bits per heavy atom. The van der Waals surface area contributed by atoms with Gasteiger partial charge >= 0.3 is 5.97 Å². The number of benzene rings is 1. The maximum absolute atomic E-state index is 12.0.